The zero-order valence-electron chi connectivity index (χ0n) is 10.6. The fraction of sp³-hybridized carbons (Fsp3) is 0.846. The lowest BCUT2D eigenvalue weighted by atomic mass is 9.48. The summed E-state index contributed by atoms with van der Waals surface area (Å²) in [4.78, 5) is 26.6. The number of carbonyl (C=O) groups excluding carboxylic acids is 2. The summed E-state index contributed by atoms with van der Waals surface area (Å²) in [5, 5.41) is 8.27. The minimum absolute atomic E-state index is 0.0379. The third-order valence-electron chi connectivity index (χ3n) is 5.08. The highest BCUT2D eigenvalue weighted by Crippen LogP contribution is 2.61. The van der Waals surface area contributed by atoms with Crippen molar-refractivity contribution in [3.8, 4) is 0 Å². The van der Waals surface area contributed by atoms with Crippen molar-refractivity contribution in [2.75, 3.05) is 6.79 Å². The van der Waals surface area contributed by atoms with Crippen molar-refractivity contribution in [3.63, 3.8) is 0 Å². The van der Waals surface area contributed by atoms with Gasteiger partial charge in [-0.25, -0.2) is 5.26 Å². The number of hydrogen-bond acceptors (Lipinski definition) is 6. The Morgan fingerprint density at radius 3 is 2.53 bits per heavy atom. The monoisotopic (exact) mass is 270 g/mol. The number of rotatable bonds is 5. The Kier molecular flexibility index (Phi) is 3.22. The molecule has 4 aliphatic carbocycles. The molecule has 6 heteroatoms. The van der Waals surface area contributed by atoms with E-state index in [0.717, 1.165) is 19.3 Å². The summed E-state index contributed by atoms with van der Waals surface area (Å²) < 4.78 is 10.2. The van der Waals surface area contributed by atoms with Crippen LogP contribution in [0.15, 0.2) is 0 Å². The Morgan fingerprint density at radius 1 is 1.26 bits per heavy atom. The van der Waals surface area contributed by atoms with E-state index < -0.39 is 12.2 Å². The Bertz CT molecular complexity index is 365. The van der Waals surface area contributed by atoms with E-state index >= 15 is 0 Å². The van der Waals surface area contributed by atoms with Crippen molar-refractivity contribution < 1.29 is 29.2 Å². The first-order chi connectivity index (χ1) is 9.18. The van der Waals surface area contributed by atoms with Crippen LogP contribution in [0.3, 0.4) is 0 Å². The van der Waals surface area contributed by atoms with Gasteiger partial charge in [0, 0.05) is 0 Å². The minimum Gasteiger partial charge on any atom is -0.464 e. The molecule has 0 aromatic rings. The molecule has 4 saturated carbocycles. The van der Waals surface area contributed by atoms with E-state index in [1.54, 1.807) is 0 Å². The van der Waals surface area contributed by atoms with Gasteiger partial charge in [0.15, 0.2) is 0 Å². The largest absolute Gasteiger partial charge is 0.464 e. The van der Waals surface area contributed by atoms with Gasteiger partial charge in [-0.15, -0.1) is 0 Å². The summed E-state index contributed by atoms with van der Waals surface area (Å²) in [6.07, 6.45) is 4.29. The van der Waals surface area contributed by atoms with Crippen LogP contribution < -0.4 is 0 Å². The van der Waals surface area contributed by atoms with Gasteiger partial charge in [-0.05, 0) is 49.9 Å². The predicted octanol–water partition coefficient (Wildman–Crippen LogP) is 1.34. The molecule has 0 spiro atoms. The second kappa shape index (κ2) is 4.76. The maximum atomic E-state index is 12.2. The van der Waals surface area contributed by atoms with Crippen LogP contribution in [0.4, 0.5) is 0 Å². The number of esters is 1. The van der Waals surface area contributed by atoms with E-state index in [1.807, 2.05) is 0 Å². The molecule has 19 heavy (non-hydrogen) atoms. The van der Waals surface area contributed by atoms with Crippen molar-refractivity contribution in [3.05, 3.63) is 0 Å². The molecule has 6 nitrogen and oxygen atoms in total. The molecule has 0 aromatic carbocycles. The molecule has 4 rings (SSSR count). The van der Waals surface area contributed by atoms with E-state index in [4.69, 9.17) is 14.7 Å². The van der Waals surface area contributed by atoms with E-state index in [9.17, 15) is 9.59 Å². The van der Waals surface area contributed by atoms with Crippen molar-refractivity contribution in [1.29, 1.82) is 0 Å². The molecule has 4 fully saturated rings. The summed E-state index contributed by atoms with van der Waals surface area (Å²) in [5.74, 6) is 0.759. The second-order valence-electron chi connectivity index (χ2n) is 6.13. The van der Waals surface area contributed by atoms with Gasteiger partial charge in [-0.2, -0.15) is 4.89 Å². The van der Waals surface area contributed by atoms with Gasteiger partial charge in [0.05, 0.1) is 5.41 Å². The summed E-state index contributed by atoms with van der Waals surface area (Å²) >= 11 is 0. The lowest BCUT2D eigenvalue weighted by molar-refractivity contribution is -0.294. The molecule has 0 aromatic heterocycles. The molecule has 0 aliphatic heterocycles. The van der Waals surface area contributed by atoms with Crippen LogP contribution in [0.2, 0.25) is 0 Å². The molecule has 0 radical (unpaired) electrons. The number of carbonyl (C=O) groups is 2. The Labute approximate surface area is 110 Å². The summed E-state index contributed by atoms with van der Waals surface area (Å²) in [6.45, 7) is 0.104. The van der Waals surface area contributed by atoms with E-state index in [1.165, 1.54) is 0 Å². The molecule has 0 saturated heterocycles. The van der Waals surface area contributed by atoms with E-state index in [-0.39, 0.29) is 23.9 Å². The normalized spacial score (nSPS) is 43.0. The van der Waals surface area contributed by atoms with Crippen LogP contribution in [-0.2, 0) is 24.0 Å². The van der Waals surface area contributed by atoms with Gasteiger partial charge in [0.2, 0.25) is 6.79 Å². The number of hydrogen-bond donors (Lipinski definition) is 1. The van der Waals surface area contributed by atoms with Crippen LogP contribution >= 0.6 is 0 Å². The first-order valence-corrected chi connectivity index (χ1v) is 6.71. The highest BCUT2D eigenvalue weighted by molar-refractivity contribution is 5.77. The maximum Gasteiger partial charge on any atom is 0.314 e. The first kappa shape index (κ1) is 12.9. The van der Waals surface area contributed by atoms with Crippen molar-refractivity contribution in [2.24, 2.45) is 23.2 Å². The van der Waals surface area contributed by atoms with E-state index in [0.29, 0.717) is 25.2 Å². The third-order valence-corrected chi connectivity index (χ3v) is 5.08. The zero-order valence-corrected chi connectivity index (χ0v) is 10.6. The van der Waals surface area contributed by atoms with Crippen molar-refractivity contribution in [1.82, 2.24) is 0 Å². The molecule has 2 atom stereocenters. The Morgan fingerprint density at radius 2 is 1.95 bits per heavy atom. The van der Waals surface area contributed by atoms with Gasteiger partial charge in [0.1, 0.15) is 6.10 Å². The van der Waals surface area contributed by atoms with Crippen molar-refractivity contribution >= 4 is 12.4 Å². The quantitative estimate of drug-likeness (QED) is 0.267. The Balaban J connectivity index is 1.76. The molecule has 106 valence electrons. The molecule has 4 aliphatic rings. The molecular formula is C13H18O6. The molecule has 0 amide bonds. The lowest BCUT2D eigenvalue weighted by Crippen LogP contribution is -2.57. The van der Waals surface area contributed by atoms with Gasteiger partial charge < -0.3 is 9.47 Å². The summed E-state index contributed by atoms with van der Waals surface area (Å²) in [6, 6.07) is 0. The molecule has 1 N–H and O–H groups in total. The van der Waals surface area contributed by atoms with Gasteiger partial charge >= 0.3 is 5.97 Å². The van der Waals surface area contributed by atoms with Gasteiger partial charge in [-0.3, -0.25) is 9.59 Å². The SMILES string of the molecule is O=COC1C2CC3CC1CC(C(=O)OCOO)(C3)C2. The molecular weight excluding hydrogens is 252 g/mol. The molecule has 4 bridgehead atoms. The molecule has 2 unspecified atom stereocenters. The average molecular weight is 270 g/mol. The fourth-order valence-corrected chi connectivity index (χ4v) is 4.75. The van der Waals surface area contributed by atoms with Crippen LogP contribution in [0.1, 0.15) is 32.1 Å². The Hall–Kier alpha value is -1.14. The summed E-state index contributed by atoms with van der Waals surface area (Å²) in [7, 11) is 0. The molecule has 0 heterocycles. The van der Waals surface area contributed by atoms with Crippen LogP contribution in [0.25, 0.3) is 0 Å². The van der Waals surface area contributed by atoms with Gasteiger partial charge in [-0.1, -0.05) is 0 Å². The predicted molar refractivity (Wildman–Crippen MR) is 61.6 cm³/mol. The minimum atomic E-state index is -0.461. The van der Waals surface area contributed by atoms with E-state index in [2.05, 4.69) is 4.89 Å². The van der Waals surface area contributed by atoms with Gasteiger partial charge in [0.25, 0.3) is 6.47 Å². The number of ether oxygens (including phenoxy) is 2. The summed E-state index contributed by atoms with van der Waals surface area (Å²) in [5.41, 5.74) is -0.461. The standard InChI is InChI=1S/C13H18O6/c14-6-17-11-9-1-8-2-10(11)5-13(3-8,4-9)12(15)18-7-19-16/h6,8-11,16H,1-5,7H2. The highest BCUT2D eigenvalue weighted by Gasteiger charge is 2.60. The third kappa shape index (κ3) is 2.03. The van der Waals surface area contributed by atoms with Crippen LogP contribution in [-0.4, -0.2) is 30.6 Å². The smallest absolute Gasteiger partial charge is 0.314 e. The van der Waals surface area contributed by atoms with Crippen LogP contribution in [0, 0.1) is 23.2 Å². The lowest BCUT2D eigenvalue weighted by Gasteiger charge is -2.57. The maximum absolute atomic E-state index is 12.2. The fourth-order valence-electron chi connectivity index (χ4n) is 4.75. The zero-order chi connectivity index (χ0) is 13.5. The van der Waals surface area contributed by atoms with Crippen molar-refractivity contribution in [2.45, 2.75) is 38.2 Å². The highest BCUT2D eigenvalue weighted by atomic mass is 17.1. The topological polar surface area (TPSA) is 82.1 Å². The first-order valence-electron chi connectivity index (χ1n) is 6.71. The average Bonchev–Trinajstić information content (AvgIpc) is 2.39. The van der Waals surface area contributed by atoms with Crippen LogP contribution in [0.5, 0.6) is 0 Å². The second-order valence-corrected chi connectivity index (χ2v) is 6.13.